The molecule has 0 aliphatic heterocycles. The van der Waals surface area contributed by atoms with Crippen molar-refractivity contribution in [2.75, 3.05) is 11.4 Å². The number of hydrogen-bond donors (Lipinski definition) is 0. The number of carbonyl (C=O) groups excluding carboxylic acids is 1. The number of nitriles is 1. The number of amides is 1. The molecule has 0 bridgehead atoms. The number of anilines is 1. The number of rotatable bonds is 5. The summed E-state index contributed by atoms with van der Waals surface area (Å²) in [6.45, 7) is 4.08. The third kappa shape index (κ3) is 3.79. The first kappa shape index (κ1) is 18.2. The van der Waals surface area contributed by atoms with Gasteiger partial charge in [-0.2, -0.15) is 5.26 Å². The van der Waals surface area contributed by atoms with Gasteiger partial charge in [0.15, 0.2) is 11.2 Å². The van der Waals surface area contributed by atoms with E-state index >= 15 is 0 Å². The van der Waals surface area contributed by atoms with Crippen LogP contribution in [-0.4, -0.2) is 23.5 Å². The molecule has 1 aromatic heterocycles. The first-order valence-electron chi connectivity index (χ1n) is 8.06. The van der Waals surface area contributed by atoms with Gasteiger partial charge in [0.1, 0.15) is 5.75 Å². The van der Waals surface area contributed by atoms with E-state index in [0.29, 0.717) is 28.0 Å². The second-order valence-corrected chi connectivity index (χ2v) is 7.03. The fraction of sp³-hybridized carbons (Fsp3) is 0.211. The third-order valence-corrected chi connectivity index (χ3v) is 5.09. The van der Waals surface area contributed by atoms with E-state index in [-0.39, 0.29) is 5.91 Å². The van der Waals surface area contributed by atoms with Crippen LogP contribution in [0.4, 0.5) is 5.13 Å². The number of fused-ring (bicyclic) bond motifs is 1. The average molecular weight is 386 g/mol. The Hall–Kier alpha value is -2.62. The highest BCUT2D eigenvalue weighted by atomic mass is 35.5. The number of benzene rings is 2. The molecule has 26 heavy (non-hydrogen) atoms. The predicted octanol–water partition coefficient (Wildman–Crippen LogP) is 4.64. The first-order valence-corrected chi connectivity index (χ1v) is 9.25. The topological polar surface area (TPSA) is 66.2 Å². The molecule has 0 fully saturated rings. The number of carbonyl (C=O) groups is 1. The minimum atomic E-state index is -0.682. The van der Waals surface area contributed by atoms with Crippen LogP contribution in [0.15, 0.2) is 42.5 Å². The second kappa shape index (κ2) is 7.73. The molecule has 5 nitrogen and oxygen atoms in total. The molecule has 0 aliphatic carbocycles. The van der Waals surface area contributed by atoms with Gasteiger partial charge >= 0.3 is 0 Å². The van der Waals surface area contributed by atoms with E-state index in [0.717, 1.165) is 10.2 Å². The molecular weight excluding hydrogens is 370 g/mol. The second-order valence-electron chi connectivity index (χ2n) is 5.59. The van der Waals surface area contributed by atoms with Crippen molar-refractivity contribution in [1.82, 2.24) is 4.98 Å². The molecule has 1 unspecified atom stereocenters. The van der Waals surface area contributed by atoms with Crippen LogP contribution in [0, 0.1) is 11.3 Å². The maximum absolute atomic E-state index is 12.8. The van der Waals surface area contributed by atoms with Gasteiger partial charge in [-0.05, 0) is 56.3 Å². The highest BCUT2D eigenvalue weighted by Gasteiger charge is 2.25. The van der Waals surface area contributed by atoms with Gasteiger partial charge in [0, 0.05) is 11.6 Å². The summed E-state index contributed by atoms with van der Waals surface area (Å²) in [6, 6.07) is 14.2. The molecule has 7 heteroatoms. The molecule has 3 aromatic rings. The quantitative estimate of drug-likeness (QED) is 0.641. The summed E-state index contributed by atoms with van der Waals surface area (Å²) in [7, 11) is 0. The number of thiazole rings is 1. The zero-order valence-corrected chi connectivity index (χ0v) is 15.8. The summed E-state index contributed by atoms with van der Waals surface area (Å²) >= 11 is 7.45. The van der Waals surface area contributed by atoms with Crippen molar-refractivity contribution in [2.24, 2.45) is 0 Å². The summed E-state index contributed by atoms with van der Waals surface area (Å²) in [4.78, 5) is 19.0. The van der Waals surface area contributed by atoms with Gasteiger partial charge in [0.05, 0.1) is 21.8 Å². The lowest BCUT2D eigenvalue weighted by molar-refractivity contribution is -0.124. The number of hydrogen-bond acceptors (Lipinski definition) is 5. The van der Waals surface area contributed by atoms with Crippen molar-refractivity contribution in [1.29, 1.82) is 5.26 Å². The molecule has 0 saturated heterocycles. The number of likely N-dealkylation sites (N-methyl/N-ethyl adjacent to an activating group) is 1. The summed E-state index contributed by atoms with van der Waals surface area (Å²) < 4.78 is 6.70. The number of nitrogens with zero attached hydrogens (tertiary/aromatic N) is 3. The van der Waals surface area contributed by atoms with Crippen molar-refractivity contribution in [3.8, 4) is 11.8 Å². The van der Waals surface area contributed by atoms with Crippen molar-refractivity contribution >= 4 is 44.2 Å². The molecule has 0 spiro atoms. The van der Waals surface area contributed by atoms with E-state index in [1.807, 2.05) is 19.1 Å². The van der Waals surface area contributed by atoms with Gasteiger partial charge < -0.3 is 4.74 Å². The summed E-state index contributed by atoms with van der Waals surface area (Å²) in [5.74, 6) is 0.360. The Labute approximate surface area is 160 Å². The van der Waals surface area contributed by atoms with E-state index in [1.165, 1.54) is 11.3 Å². The van der Waals surface area contributed by atoms with Gasteiger partial charge in [-0.3, -0.25) is 9.69 Å². The molecule has 0 saturated carbocycles. The van der Waals surface area contributed by atoms with Crippen LogP contribution in [0.5, 0.6) is 5.75 Å². The zero-order valence-electron chi connectivity index (χ0n) is 14.3. The van der Waals surface area contributed by atoms with Crippen molar-refractivity contribution in [3.05, 3.63) is 53.1 Å². The van der Waals surface area contributed by atoms with Gasteiger partial charge in [0.25, 0.3) is 5.91 Å². The molecule has 1 atom stereocenters. The van der Waals surface area contributed by atoms with Crippen LogP contribution in [0.3, 0.4) is 0 Å². The minimum Gasteiger partial charge on any atom is -0.481 e. The van der Waals surface area contributed by atoms with E-state index < -0.39 is 6.10 Å². The molecule has 0 radical (unpaired) electrons. The van der Waals surface area contributed by atoms with Crippen molar-refractivity contribution in [2.45, 2.75) is 20.0 Å². The van der Waals surface area contributed by atoms with Crippen LogP contribution in [0.2, 0.25) is 5.02 Å². The van der Waals surface area contributed by atoms with Gasteiger partial charge in [-0.15, -0.1) is 0 Å². The zero-order chi connectivity index (χ0) is 18.7. The molecular formula is C19H16ClN3O2S. The van der Waals surface area contributed by atoms with Crippen molar-refractivity contribution < 1.29 is 9.53 Å². The largest absolute Gasteiger partial charge is 0.481 e. The lowest BCUT2D eigenvalue weighted by atomic mass is 10.2. The van der Waals surface area contributed by atoms with E-state index in [9.17, 15) is 4.79 Å². The fourth-order valence-electron chi connectivity index (χ4n) is 2.47. The summed E-state index contributed by atoms with van der Waals surface area (Å²) in [6.07, 6.45) is -0.682. The average Bonchev–Trinajstić information content (AvgIpc) is 3.05. The Morgan fingerprint density at radius 3 is 2.73 bits per heavy atom. The lowest BCUT2D eigenvalue weighted by Gasteiger charge is -2.22. The third-order valence-electron chi connectivity index (χ3n) is 3.80. The van der Waals surface area contributed by atoms with Gasteiger partial charge in [-0.25, -0.2) is 4.98 Å². The molecule has 1 amide bonds. The Morgan fingerprint density at radius 1 is 1.35 bits per heavy atom. The number of halogens is 1. The van der Waals surface area contributed by atoms with Crippen molar-refractivity contribution in [3.63, 3.8) is 0 Å². The van der Waals surface area contributed by atoms with Gasteiger partial charge in [-0.1, -0.05) is 22.9 Å². The SMILES string of the molecule is CCN(C(=O)C(C)Oc1ccc(C#N)cc1)c1nc2cc(Cl)ccc2s1. The predicted molar refractivity (Wildman–Crippen MR) is 104 cm³/mol. The summed E-state index contributed by atoms with van der Waals surface area (Å²) in [5, 5.41) is 10.1. The molecule has 0 N–H and O–H groups in total. The summed E-state index contributed by atoms with van der Waals surface area (Å²) in [5.41, 5.74) is 1.31. The molecule has 132 valence electrons. The van der Waals surface area contributed by atoms with Crippen LogP contribution >= 0.6 is 22.9 Å². The number of aromatic nitrogens is 1. The van der Waals surface area contributed by atoms with E-state index in [1.54, 1.807) is 48.2 Å². The molecule has 1 heterocycles. The Bertz CT molecular complexity index is 979. The monoisotopic (exact) mass is 385 g/mol. The Balaban J connectivity index is 1.79. The normalized spacial score (nSPS) is 11.8. The lowest BCUT2D eigenvalue weighted by Crippen LogP contribution is -2.40. The van der Waals surface area contributed by atoms with E-state index in [4.69, 9.17) is 21.6 Å². The molecule has 0 aliphatic rings. The van der Waals surface area contributed by atoms with E-state index in [2.05, 4.69) is 4.98 Å². The van der Waals surface area contributed by atoms with Crippen LogP contribution in [-0.2, 0) is 4.79 Å². The first-order chi connectivity index (χ1) is 12.5. The highest BCUT2D eigenvalue weighted by molar-refractivity contribution is 7.22. The van der Waals surface area contributed by atoms with Crippen LogP contribution < -0.4 is 9.64 Å². The maximum atomic E-state index is 12.8. The highest BCUT2D eigenvalue weighted by Crippen LogP contribution is 2.31. The maximum Gasteiger partial charge on any atom is 0.269 e. The fourth-order valence-corrected chi connectivity index (χ4v) is 3.65. The van der Waals surface area contributed by atoms with Gasteiger partial charge in [0.2, 0.25) is 0 Å². The molecule has 3 rings (SSSR count). The Morgan fingerprint density at radius 2 is 2.08 bits per heavy atom. The molecule has 2 aromatic carbocycles. The van der Waals surface area contributed by atoms with Crippen LogP contribution in [0.1, 0.15) is 19.4 Å². The standard InChI is InChI=1S/C19H16ClN3O2S/c1-3-23(19-22-16-10-14(20)6-9-17(16)26-19)18(24)12(2)25-15-7-4-13(11-21)5-8-15/h4-10,12H,3H2,1-2H3. The minimum absolute atomic E-state index is 0.179. The smallest absolute Gasteiger partial charge is 0.269 e. The van der Waals surface area contributed by atoms with Crippen LogP contribution in [0.25, 0.3) is 10.2 Å². The Kier molecular flexibility index (Phi) is 5.40. The number of ether oxygens (including phenoxy) is 1.